The number of benzene rings is 2. The molecule has 2 aromatic rings. The number of ether oxygens (including phenoxy) is 1. The first-order chi connectivity index (χ1) is 16.1. The highest BCUT2D eigenvalue weighted by atomic mass is 35.5. The van der Waals surface area contributed by atoms with Crippen molar-refractivity contribution in [3.63, 3.8) is 0 Å². The molecule has 0 spiro atoms. The summed E-state index contributed by atoms with van der Waals surface area (Å²) in [6.07, 6.45) is 0.716. The number of carbonyl (C=O) groups excluding carboxylic acids is 2. The Labute approximate surface area is 213 Å². The van der Waals surface area contributed by atoms with Crippen LogP contribution >= 0.6 is 12.4 Å². The van der Waals surface area contributed by atoms with E-state index in [1.807, 2.05) is 51.1 Å². The second-order valence-electron chi connectivity index (χ2n) is 9.89. The number of carbonyl (C=O) groups is 2. The number of piperidine rings is 1. The molecule has 35 heavy (non-hydrogen) atoms. The lowest BCUT2D eigenvalue weighted by Crippen LogP contribution is -2.54. The Hall–Kier alpha value is -2.97. The van der Waals surface area contributed by atoms with E-state index in [1.54, 1.807) is 15.9 Å². The summed E-state index contributed by atoms with van der Waals surface area (Å²) in [5, 5.41) is 19.5. The van der Waals surface area contributed by atoms with Crippen LogP contribution in [-0.2, 0) is 22.7 Å². The highest BCUT2D eigenvalue weighted by molar-refractivity contribution is 5.85. The molecule has 3 rings (SSSR count). The second kappa shape index (κ2) is 12.1. The Morgan fingerprint density at radius 1 is 1.06 bits per heavy atom. The summed E-state index contributed by atoms with van der Waals surface area (Å²) in [7, 11) is 0. The van der Waals surface area contributed by atoms with Crippen LogP contribution < -0.4 is 5.73 Å². The van der Waals surface area contributed by atoms with Gasteiger partial charge >= 0.3 is 6.09 Å². The molecule has 0 saturated carbocycles. The van der Waals surface area contributed by atoms with Gasteiger partial charge in [-0.1, -0.05) is 57.2 Å². The molecular formula is C26H36ClN3O5. The molecule has 0 aromatic heterocycles. The zero-order valence-corrected chi connectivity index (χ0v) is 21.3. The van der Waals surface area contributed by atoms with E-state index in [9.17, 15) is 19.8 Å². The molecule has 9 heteroatoms. The van der Waals surface area contributed by atoms with Crippen LogP contribution in [0.2, 0.25) is 0 Å². The molecule has 1 atom stereocenters. The third kappa shape index (κ3) is 7.50. The predicted molar refractivity (Wildman–Crippen MR) is 136 cm³/mol. The minimum Gasteiger partial charge on any atom is -0.504 e. The van der Waals surface area contributed by atoms with Gasteiger partial charge in [-0.05, 0) is 41.5 Å². The molecule has 1 aliphatic heterocycles. The van der Waals surface area contributed by atoms with Gasteiger partial charge < -0.3 is 30.5 Å². The topological polar surface area (TPSA) is 116 Å². The number of halogens is 1. The van der Waals surface area contributed by atoms with Crippen LogP contribution in [0, 0.1) is 5.41 Å². The number of hydrogen-bond acceptors (Lipinski definition) is 6. The summed E-state index contributed by atoms with van der Waals surface area (Å²) in [6, 6.07) is 13.2. The average Bonchev–Trinajstić information content (AvgIpc) is 2.82. The molecule has 4 N–H and O–H groups in total. The van der Waals surface area contributed by atoms with Gasteiger partial charge in [-0.15, -0.1) is 12.4 Å². The van der Waals surface area contributed by atoms with Gasteiger partial charge in [-0.25, -0.2) is 4.79 Å². The van der Waals surface area contributed by atoms with Crippen LogP contribution in [0.15, 0.2) is 48.5 Å². The van der Waals surface area contributed by atoms with E-state index < -0.39 is 12.1 Å². The van der Waals surface area contributed by atoms with Crippen molar-refractivity contribution < 1.29 is 24.5 Å². The molecule has 1 saturated heterocycles. The quantitative estimate of drug-likeness (QED) is 0.510. The second-order valence-corrected chi connectivity index (χ2v) is 9.89. The highest BCUT2D eigenvalue weighted by Crippen LogP contribution is 2.28. The fraction of sp³-hybridized carbons (Fsp3) is 0.462. The van der Waals surface area contributed by atoms with Gasteiger partial charge in [0.05, 0.1) is 6.04 Å². The Morgan fingerprint density at radius 3 is 2.26 bits per heavy atom. The summed E-state index contributed by atoms with van der Waals surface area (Å²) < 4.78 is 5.60. The molecule has 1 fully saturated rings. The van der Waals surface area contributed by atoms with Crippen molar-refractivity contribution >= 4 is 24.4 Å². The summed E-state index contributed by atoms with van der Waals surface area (Å²) in [5.41, 5.74) is 7.39. The summed E-state index contributed by atoms with van der Waals surface area (Å²) in [6.45, 7) is 7.18. The largest absolute Gasteiger partial charge is 0.504 e. The first-order valence-corrected chi connectivity index (χ1v) is 11.6. The normalized spacial score (nSPS) is 15.1. The summed E-state index contributed by atoms with van der Waals surface area (Å²) in [5.74, 6) is -0.539. The smallest absolute Gasteiger partial charge is 0.410 e. The molecule has 0 unspecified atom stereocenters. The first-order valence-electron chi connectivity index (χ1n) is 11.6. The lowest BCUT2D eigenvalue weighted by molar-refractivity contribution is -0.136. The van der Waals surface area contributed by atoms with Gasteiger partial charge in [0, 0.05) is 25.7 Å². The number of hydrogen-bond donors (Lipinski definition) is 3. The maximum Gasteiger partial charge on any atom is 0.410 e. The van der Waals surface area contributed by atoms with Gasteiger partial charge in [0.1, 0.15) is 6.61 Å². The molecule has 1 aliphatic rings. The number of phenols is 2. The monoisotopic (exact) mass is 505 g/mol. The number of phenolic OH excluding ortho intramolecular Hbond substituents is 2. The van der Waals surface area contributed by atoms with E-state index in [2.05, 4.69) is 0 Å². The fourth-order valence-corrected chi connectivity index (χ4v) is 3.97. The molecule has 0 aliphatic carbocycles. The Kier molecular flexibility index (Phi) is 9.80. The van der Waals surface area contributed by atoms with Crippen molar-refractivity contribution in [2.75, 3.05) is 13.1 Å². The Morgan fingerprint density at radius 2 is 1.69 bits per heavy atom. The average molecular weight is 506 g/mol. The SMILES string of the molecule is CC(C)(C)[C@H](N)C(=O)N1CCC(N(Cc2ccc(O)c(O)c2)C(=O)OCc2ccccc2)CC1.Cl. The minimum absolute atomic E-state index is 0. The lowest BCUT2D eigenvalue weighted by atomic mass is 9.86. The van der Waals surface area contributed by atoms with E-state index in [0.717, 1.165) is 5.56 Å². The van der Waals surface area contributed by atoms with Gasteiger partial charge in [0.25, 0.3) is 0 Å². The van der Waals surface area contributed by atoms with Crippen LogP contribution in [-0.4, -0.2) is 57.2 Å². The number of likely N-dealkylation sites (tertiary alicyclic amines) is 1. The molecule has 2 aromatic carbocycles. The maximum atomic E-state index is 13.1. The first kappa shape index (κ1) is 28.3. The maximum absolute atomic E-state index is 13.1. The Bertz CT molecular complexity index is 988. The molecule has 8 nitrogen and oxygen atoms in total. The molecule has 0 bridgehead atoms. The molecule has 0 radical (unpaired) electrons. The van der Waals surface area contributed by atoms with Crippen LogP contribution in [0.5, 0.6) is 11.5 Å². The number of nitrogens with zero attached hydrogens (tertiary/aromatic N) is 2. The zero-order chi connectivity index (χ0) is 24.9. The standard InChI is InChI=1S/C26H35N3O5.ClH/c1-26(2,3)23(27)24(32)28-13-11-20(12-14-28)29(16-19-9-10-21(30)22(31)15-19)25(33)34-17-18-7-5-4-6-8-18;/h4-10,15,20,23,30-31H,11-14,16-17,27H2,1-3H3;1H/t23-;/m1./s1. The zero-order valence-electron chi connectivity index (χ0n) is 20.5. The number of rotatable bonds is 6. The number of aromatic hydroxyl groups is 2. The third-order valence-electron chi connectivity index (χ3n) is 6.25. The van der Waals surface area contributed by atoms with Gasteiger partial charge in [-0.2, -0.15) is 0 Å². The van der Waals surface area contributed by atoms with E-state index in [4.69, 9.17) is 10.5 Å². The van der Waals surface area contributed by atoms with Crippen LogP contribution in [0.25, 0.3) is 0 Å². The van der Waals surface area contributed by atoms with Gasteiger partial charge in [0.2, 0.25) is 5.91 Å². The highest BCUT2D eigenvalue weighted by Gasteiger charge is 2.35. The van der Waals surface area contributed by atoms with E-state index in [-0.39, 0.29) is 54.4 Å². The van der Waals surface area contributed by atoms with Gasteiger partial charge in [-0.3, -0.25) is 4.79 Å². The number of amides is 2. The molecular weight excluding hydrogens is 470 g/mol. The Balaban J connectivity index is 0.00000432. The van der Waals surface area contributed by atoms with E-state index in [0.29, 0.717) is 31.5 Å². The molecule has 1 heterocycles. The van der Waals surface area contributed by atoms with Crippen LogP contribution in [0.1, 0.15) is 44.7 Å². The van der Waals surface area contributed by atoms with E-state index in [1.165, 1.54) is 12.1 Å². The van der Waals surface area contributed by atoms with Crippen LogP contribution in [0.3, 0.4) is 0 Å². The summed E-state index contributed by atoms with van der Waals surface area (Å²) >= 11 is 0. The van der Waals surface area contributed by atoms with Crippen molar-refractivity contribution in [3.05, 3.63) is 59.7 Å². The molecule has 2 amide bonds. The van der Waals surface area contributed by atoms with Crippen molar-refractivity contribution in [1.82, 2.24) is 9.80 Å². The van der Waals surface area contributed by atoms with Crippen molar-refractivity contribution in [3.8, 4) is 11.5 Å². The van der Waals surface area contributed by atoms with Crippen LogP contribution in [0.4, 0.5) is 4.79 Å². The predicted octanol–water partition coefficient (Wildman–Crippen LogP) is 4.02. The van der Waals surface area contributed by atoms with Crippen molar-refractivity contribution in [2.45, 2.75) is 58.8 Å². The van der Waals surface area contributed by atoms with Crippen molar-refractivity contribution in [1.29, 1.82) is 0 Å². The fourth-order valence-electron chi connectivity index (χ4n) is 3.97. The lowest BCUT2D eigenvalue weighted by Gasteiger charge is -2.40. The number of nitrogens with two attached hydrogens (primary N) is 1. The molecule has 192 valence electrons. The minimum atomic E-state index is -0.587. The third-order valence-corrected chi connectivity index (χ3v) is 6.25. The van der Waals surface area contributed by atoms with E-state index >= 15 is 0 Å². The van der Waals surface area contributed by atoms with Crippen molar-refractivity contribution in [2.24, 2.45) is 11.1 Å². The van der Waals surface area contributed by atoms with Gasteiger partial charge in [0.15, 0.2) is 11.5 Å². The summed E-state index contributed by atoms with van der Waals surface area (Å²) in [4.78, 5) is 29.3.